The molecular weight excluding hydrogens is 340 g/mol. The first-order valence-corrected chi connectivity index (χ1v) is 8.98. The molecule has 0 radical (unpaired) electrons. The van der Waals surface area contributed by atoms with E-state index in [0.29, 0.717) is 35.6 Å². The Morgan fingerprint density at radius 3 is 2.60 bits per heavy atom. The molecule has 0 fully saturated rings. The van der Waals surface area contributed by atoms with Crippen molar-refractivity contribution in [2.24, 2.45) is 5.41 Å². The van der Waals surface area contributed by atoms with Crippen molar-refractivity contribution in [1.29, 1.82) is 0 Å². The van der Waals surface area contributed by atoms with Gasteiger partial charge in [-0.25, -0.2) is 0 Å². The molecule has 0 amide bonds. The van der Waals surface area contributed by atoms with Crippen LogP contribution in [0.4, 0.5) is 0 Å². The molecule has 2 rings (SSSR count). The lowest BCUT2D eigenvalue weighted by atomic mass is 9.72. The molecule has 1 aromatic rings. The number of ether oxygens (including phenoxy) is 1. The Balaban J connectivity index is 2.43. The number of halogens is 1. The van der Waals surface area contributed by atoms with E-state index in [0.717, 1.165) is 6.42 Å². The quantitative estimate of drug-likeness (QED) is 0.724. The molecular formula is C20H25ClO4. The first-order valence-electron chi connectivity index (χ1n) is 8.60. The van der Waals surface area contributed by atoms with Gasteiger partial charge in [0.1, 0.15) is 5.76 Å². The van der Waals surface area contributed by atoms with Gasteiger partial charge in [-0.2, -0.15) is 0 Å². The van der Waals surface area contributed by atoms with Crippen LogP contribution in [0.15, 0.2) is 35.6 Å². The third kappa shape index (κ3) is 4.85. The summed E-state index contributed by atoms with van der Waals surface area (Å²) in [4.78, 5) is 24.9. The zero-order valence-electron chi connectivity index (χ0n) is 15.0. The predicted octanol–water partition coefficient (Wildman–Crippen LogP) is 4.97. The highest BCUT2D eigenvalue weighted by molar-refractivity contribution is 6.31. The Hall–Kier alpha value is -1.81. The van der Waals surface area contributed by atoms with Crippen LogP contribution in [0.1, 0.15) is 57.9 Å². The molecule has 1 N–H and O–H groups in total. The van der Waals surface area contributed by atoms with Crippen LogP contribution in [0.2, 0.25) is 5.02 Å². The fourth-order valence-corrected chi connectivity index (χ4v) is 3.53. The second-order valence-corrected chi connectivity index (χ2v) is 7.71. The van der Waals surface area contributed by atoms with Crippen LogP contribution >= 0.6 is 11.6 Å². The number of allylic oxidation sites excluding steroid dienone is 2. The van der Waals surface area contributed by atoms with Gasteiger partial charge in [-0.15, -0.1) is 0 Å². The fourth-order valence-electron chi connectivity index (χ4n) is 3.26. The minimum atomic E-state index is -0.596. The van der Waals surface area contributed by atoms with E-state index in [-0.39, 0.29) is 23.4 Å². The van der Waals surface area contributed by atoms with E-state index in [1.165, 1.54) is 0 Å². The summed E-state index contributed by atoms with van der Waals surface area (Å²) in [5.41, 5.74) is 0.659. The van der Waals surface area contributed by atoms with E-state index in [9.17, 15) is 14.7 Å². The number of hydrogen-bond acceptors (Lipinski definition) is 4. The van der Waals surface area contributed by atoms with Gasteiger partial charge in [-0.3, -0.25) is 9.59 Å². The van der Waals surface area contributed by atoms with E-state index in [1.54, 1.807) is 24.3 Å². The largest absolute Gasteiger partial charge is 0.512 e. The predicted molar refractivity (Wildman–Crippen MR) is 97.7 cm³/mol. The van der Waals surface area contributed by atoms with Gasteiger partial charge in [0.15, 0.2) is 5.78 Å². The number of ketones is 1. The zero-order valence-corrected chi connectivity index (χ0v) is 15.7. The van der Waals surface area contributed by atoms with Crippen molar-refractivity contribution in [3.63, 3.8) is 0 Å². The molecule has 0 aliphatic heterocycles. The molecule has 25 heavy (non-hydrogen) atoms. The average Bonchev–Trinajstić information content (AvgIpc) is 2.50. The summed E-state index contributed by atoms with van der Waals surface area (Å²) in [5.74, 6) is -1.08. The lowest BCUT2D eigenvalue weighted by molar-refractivity contribution is -0.143. The zero-order chi connectivity index (χ0) is 18.6. The third-order valence-electron chi connectivity index (χ3n) is 4.36. The van der Waals surface area contributed by atoms with Crippen molar-refractivity contribution in [2.45, 2.75) is 52.4 Å². The number of rotatable bonds is 6. The number of aliphatic hydroxyl groups excluding tert-OH is 1. The molecule has 4 nitrogen and oxygen atoms in total. The monoisotopic (exact) mass is 364 g/mol. The lowest BCUT2D eigenvalue weighted by Crippen LogP contribution is -2.29. The summed E-state index contributed by atoms with van der Waals surface area (Å²) >= 11 is 6.31. The van der Waals surface area contributed by atoms with Gasteiger partial charge in [0, 0.05) is 29.4 Å². The summed E-state index contributed by atoms with van der Waals surface area (Å²) in [6.07, 6.45) is 1.44. The molecule has 0 saturated carbocycles. The Morgan fingerprint density at radius 1 is 1.32 bits per heavy atom. The van der Waals surface area contributed by atoms with Crippen LogP contribution in [0.3, 0.4) is 0 Å². The van der Waals surface area contributed by atoms with Gasteiger partial charge in [0.05, 0.1) is 13.0 Å². The minimum Gasteiger partial charge on any atom is -0.512 e. The van der Waals surface area contributed by atoms with Crippen molar-refractivity contribution < 1.29 is 19.4 Å². The second kappa shape index (κ2) is 8.05. The Morgan fingerprint density at radius 2 is 2.00 bits per heavy atom. The number of esters is 1. The number of carbonyl (C=O) groups is 2. The number of aliphatic hydroxyl groups is 1. The molecule has 1 aromatic carbocycles. The lowest BCUT2D eigenvalue weighted by Gasteiger charge is -2.32. The van der Waals surface area contributed by atoms with Crippen molar-refractivity contribution in [3.05, 3.63) is 46.2 Å². The number of carbonyl (C=O) groups excluding carboxylic acids is 2. The van der Waals surface area contributed by atoms with Crippen LogP contribution in [-0.4, -0.2) is 23.5 Å². The minimum absolute atomic E-state index is 0.0186. The first kappa shape index (κ1) is 19.5. The van der Waals surface area contributed by atoms with Crippen molar-refractivity contribution in [3.8, 4) is 0 Å². The molecule has 1 atom stereocenters. The van der Waals surface area contributed by atoms with E-state index in [2.05, 4.69) is 0 Å². The Bertz CT molecular complexity index is 691. The van der Waals surface area contributed by atoms with Crippen molar-refractivity contribution in [2.75, 3.05) is 6.61 Å². The smallest absolute Gasteiger partial charge is 0.306 e. The van der Waals surface area contributed by atoms with Crippen LogP contribution in [0.25, 0.3) is 0 Å². The molecule has 0 heterocycles. The molecule has 1 aliphatic carbocycles. The van der Waals surface area contributed by atoms with Crippen molar-refractivity contribution >= 4 is 23.4 Å². The van der Waals surface area contributed by atoms with Gasteiger partial charge in [0.25, 0.3) is 0 Å². The molecule has 0 saturated heterocycles. The topological polar surface area (TPSA) is 63.6 Å². The van der Waals surface area contributed by atoms with Gasteiger partial charge in [-0.05, 0) is 23.5 Å². The summed E-state index contributed by atoms with van der Waals surface area (Å²) in [5, 5.41) is 11.0. The van der Waals surface area contributed by atoms with Crippen LogP contribution in [-0.2, 0) is 14.3 Å². The van der Waals surface area contributed by atoms with Gasteiger partial charge < -0.3 is 9.84 Å². The summed E-state index contributed by atoms with van der Waals surface area (Å²) in [7, 11) is 0. The second-order valence-electron chi connectivity index (χ2n) is 7.30. The van der Waals surface area contributed by atoms with Crippen LogP contribution in [0.5, 0.6) is 0 Å². The maximum Gasteiger partial charge on any atom is 0.306 e. The SMILES string of the molecule is CCCOC(=O)CC(C1=C(O)CC(C)(C)CC1=O)c1ccccc1Cl. The van der Waals surface area contributed by atoms with Gasteiger partial charge >= 0.3 is 5.97 Å². The fraction of sp³-hybridized carbons (Fsp3) is 0.500. The van der Waals surface area contributed by atoms with Crippen LogP contribution in [0, 0.1) is 5.41 Å². The Kier molecular flexibility index (Phi) is 6.28. The van der Waals surface area contributed by atoms with E-state index in [1.807, 2.05) is 20.8 Å². The number of hydrogen-bond donors (Lipinski definition) is 1. The molecule has 136 valence electrons. The molecule has 1 unspecified atom stereocenters. The summed E-state index contributed by atoms with van der Waals surface area (Å²) in [6, 6.07) is 7.10. The standard InChI is InChI=1S/C20H25ClO4/c1-4-9-25-18(24)10-14(13-7-5-6-8-15(13)21)19-16(22)11-20(2,3)12-17(19)23/h5-8,14,22H,4,9-12H2,1-3H3. The number of benzene rings is 1. The summed E-state index contributed by atoms with van der Waals surface area (Å²) < 4.78 is 5.19. The number of Topliss-reactive ketones (excluding diaryl/α,β-unsaturated/α-hetero) is 1. The molecule has 0 aromatic heterocycles. The molecule has 1 aliphatic rings. The Labute approximate surface area is 153 Å². The van der Waals surface area contributed by atoms with Crippen molar-refractivity contribution in [1.82, 2.24) is 0 Å². The maximum atomic E-state index is 12.7. The van der Waals surface area contributed by atoms with Gasteiger partial charge in [0.2, 0.25) is 0 Å². The summed E-state index contributed by atoms with van der Waals surface area (Å²) in [6.45, 7) is 6.13. The maximum absolute atomic E-state index is 12.7. The van der Waals surface area contributed by atoms with Gasteiger partial charge in [-0.1, -0.05) is 50.6 Å². The normalized spacial score (nSPS) is 18.2. The molecule has 0 bridgehead atoms. The molecule has 5 heteroatoms. The average molecular weight is 365 g/mol. The highest BCUT2D eigenvalue weighted by Gasteiger charge is 2.38. The van der Waals surface area contributed by atoms with E-state index >= 15 is 0 Å². The third-order valence-corrected chi connectivity index (χ3v) is 4.71. The van der Waals surface area contributed by atoms with E-state index < -0.39 is 11.9 Å². The molecule has 0 spiro atoms. The van der Waals surface area contributed by atoms with Crippen LogP contribution < -0.4 is 0 Å². The van der Waals surface area contributed by atoms with E-state index in [4.69, 9.17) is 16.3 Å². The first-order chi connectivity index (χ1) is 11.7. The highest BCUT2D eigenvalue weighted by Crippen LogP contribution is 2.43. The highest BCUT2D eigenvalue weighted by atomic mass is 35.5.